The molecular formula is C13H19ClN2O2S. The molecule has 1 aromatic rings. The summed E-state index contributed by atoms with van der Waals surface area (Å²) in [5.41, 5.74) is 0.976. The Hall–Kier alpha value is -0.780. The zero-order valence-corrected chi connectivity index (χ0v) is 12.5. The van der Waals surface area contributed by atoms with Crippen LogP contribution in [0, 0.1) is 5.92 Å². The first-order chi connectivity index (χ1) is 8.95. The summed E-state index contributed by atoms with van der Waals surface area (Å²) in [4.78, 5) is 0. The Bertz CT molecular complexity index is 533. The van der Waals surface area contributed by atoms with E-state index in [1.165, 1.54) is 6.26 Å². The number of piperidine rings is 1. The van der Waals surface area contributed by atoms with Gasteiger partial charge in [-0.1, -0.05) is 17.7 Å². The van der Waals surface area contributed by atoms with Crippen LogP contribution in [-0.4, -0.2) is 38.6 Å². The van der Waals surface area contributed by atoms with Crippen LogP contribution in [0.4, 0.5) is 5.69 Å². The molecule has 0 aliphatic carbocycles. The summed E-state index contributed by atoms with van der Waals surface area (Å²) in [6.07, 6.45) is 3.26. The first kappa shape index (κ1) is 14.6. The Morgan fingerprint density at radius 2 is 2.26 bits per heavy atom. The Morgan fingerprint density at radius 3 is 2.95 bits per heavy atom. The molecule has 1 saturated heterocycles. The average molecular weight is 303 g/mol. The summed E-state index contributed by atoms with van der Waals surface area (Å²) in [5.74, 6) is 0.349. The molecule has 1 fully saturated rings. The van der Waals surface area contributed by atoms with Gasteiger partial charge in [-0.05, 0) is 37.0 Å². The topological polar surface area (TPSA) is 49.4 Å². The van der Waals surface area contributed by atoms with Gasteiger partial charge in [-0.15, -0.1) is 0 Å². The van der Waals surface area contributed by atoms with Crippen LogP contribution >= 0.6 is 11.6 Å². The second-order valence-electron chi connectivity index (χ2n) is 5.02. The third-order valence-electron chi connectivity index (χ3n) is 3.37. The van der Waals surface area contributed by atoms with Crippen LogP contribution in [0.15, 0.2) is 24.3 Å². The predicted octanol–water partition coefficient (Wildman–Crippen LogP) is 2.42. The van der Waals surface area contributed by atoms with E-state index in [4.69, 9.17) is 11.6 Å². The molecule has 1 aliphatic heterocycles. The fraction of sp³-hybridized carbons (Fsp3) is 0.538. The van der Waals surface area contributed by atoms with Gasteiger partial charge in [-0.25, -0.2) is 12.7 Å². The smallest absolute Gasteiger partial charge is 0.211 e. The number of benzene rings is 1. The first-order valence-electron chi connectivity index (χ1n) is 6.40. The summed E-state index contributed by atoms with van der Waals surface area (Å²) in [6.45, 7) is 2.02. The fourth-order valence-corrected chi connectivity index (χ4v) is 3.49. The summed E-state index contributed by atoms with van der Waals surface area (Å²) >= 11 is 5.92. The molecule has 0 aromatic heterocycles. The summed E-state index contributed by atoms with van der Waals surface area (Å²) < 4.78 is 24.6. The van der Waals surface area contributed by atoms with Gasteiger partial charge in [0.25, 0.3) is 0 Å². The van der Waals surface area contributed by atoms with Gasteiger partial charge in [0.05, 0.1) is 6.26 Å². The first-order valence-corrected chi connectivity index (χ1v) is 8.62. The van der Waals surface area contributed by atoms with Crippen molar-refractivity contribution in [1.29, 1.82) is 0 Å². The van der Waals surface area contributed by atoms with Crippen molar-refractivity contribution in [3.63, 3.8) is 0 Å². The largest absolute Gasteiger partial charge is 0.385 e. The van der Waals surface area contributed by atoms with Crippen LogP contribution in [0.2, 0.25) is 5.02 Å². The highest BCUT2D eigenvalue weighted by molar-refractivity contribution is 7.88. The highest BCUT2D eigenvalue weighted by atomic mass is 35.5. The highest BCUT2D eigenvalue weighted by Crippen LogP contribution is 2.20. The second kappa shape index (κ2) is 6.11. The minimum atomic E-state index is -3.06. The van der Waals surface area contributed by atoms with E-state index in [0.717, 1.165) is 25.1 Å². The van der Waals surface area contributed by atoms with E-state index in [-0.39, 0.29) is 0 Å². The predicted molar refractivity (Wildman–Crippen MR) is 79.1 cm³/mol. The molecule has 0 saturated carbocycles. The maximum absolute atomic E-state index is 11.5. The van der Waals surface area contributed by atoms with Crippen molar-refractivity contribution in [3.05, 3.63) is 29.3 Å². The maximum atomic E-state index is 11.5. The van der Waals surface area contributed by atoms with Crippen molar-refractivity contribution in [3.8, 4) is 0 Å². The number of halogens is 1. The molecule has 4 nitrogen and oxygen atoms in total. The Balaban J connectivity index is 1.89. The lowest BCUT2D eigenvalue weighted by Gasteiger charge is -2.31. The van der Waals surface area contributed by atoms with Crippen LogP contribution in [0.5, 0.6) is 0 Å². The van der Waals surface area contributed by atoms with Crippen molar-refractivity contribution >= 4 is 27.3 Å². The number of nitrogens with one attached hydrogen (secondary N) is 1. The SMILES string of the molecule is CS(=O)(=O)N1CCCC(CNc2cccc(Cl)c2)C1. The minimum Gasteiger partial charge on any atom is -0.385 e. The third kappa shape index (κ3) is 4.37. The molecular weight excluding hydrogens is 284 g/mol. The van der Waals surface area contributed by atoms with Gasteiger partial charge in [0.15, 0.2) is 0 Å². The number of rotatable bonds is 4. The Morgan fingerprint density at radius 1 is 1.47 bits per heavy atom. The molecule has 1 aromatic carbocycles. The molecule has 0 spiro atoms. The van der Waals surface area contributed by atoms with Gasteiger partial charge < -0.3 is 5.32 Å². The highest BCUT2D eigenvalue weighted by Gasteiger charge is 2.25. The second-order valence-corrected chi connectivity index (χ2v) is 7.44. The standard InChI is InChI=1S/C13H19ClN2O2S/c1-19(17,18)16-7-3-4-11(10-16)9-15-13-6-2-5-12(14)8-13/h2,5-6,8,11,15H,3-4,7,9-10H2,1H3. The van der Waals surface area contributed by atoms with Crippen LogP contribution in [0.3, 0.4) is 0 Å². The zero-order chi connectivity index (χ0) is 13.9. The molecule has 19 heavy (non-hydrogen) atoms. The Kier molecular flexibility index (Phi) is 4.71. The van der Waals surface area contributed by atoms with Crippen molar-refractivity contribution in [2.75, 3.05) is 31.2 Å². The molecule has 0 radical (unpaired) electrons. The van der Waals surface area contributed by atoms with Crippen molar-refractivity contribution < 1.29 is 8.42 Å². The molecule has 1 atom stereocenters. The fourth-order valence-electron chi connectivity index (χ4n) is 2.36. The van der Waals surface area contributed by atoms with E-state index in [9.17, 15) is 8.42 Å². The molecule has 0 bridgehead atoms. The zero-order valence-electron chi connectivity index (χ0n) is 11.0. The van der Waals surface area contributed by atoms with Crippen molar-refractivity contribution in [1.82, 2.24) is 4.31 Å². The third-order valence-corrected chi connectivity index (χ3v) is 4.87. The van der Waals surface area contributed by atoms with Crippen LogP contribution in [-0.2, 0) is 10.0 Å². The lowest BCUT2D eigenvalue weighted by molar-refractivity contribution is 0.277. The van der Waals surface area contributed by atoms with Crippen LogP contribution < -0.4 is 5.32 Å². The van der Waals surface area contributed by atoms with E-state index in [1.54, 1.807) is 4.31 Å². The number of anilines is 1. The molecule has 1 N–H and O–H groups in total. The number of nitrogens with zero attached hydrogens (tertiary/aromatic N) is 1. The van der Waals surface area contributed by atoms with Gasteiger partial charge in [0.1, 0.15) is 0 Å². The normalized spacial score (nSPS) is 21.3. The van der Waals surface area contributed by atoms with E-state index in [0.29, 0.717) is 24.0 Å². The van der Waals surface area contributed by atoms with Crippen LogP contribution in [0.25, 0.3) is 0 Å². The number of hydrogen-bond acceptors (Lipinski definition) is 3. The van der Waals surface area contributed by atoms with Gasteiger partial charge >= 0.3 is 0 Å². The van der Waals surface area contributed by atoms with Crippen LogP contribution in [0.1, 0.15) is 12.8 Å². The van der Waals surface area contributed by atoms with E-state index in [2.05, 4.69) is 5.32 Å². The van der Waals surface area contributed by atoms with E-state index in [1.807, 2.05) is 24.3 Å². The Labute approximate surface area is 119 Å². The molecule has 1 aliphatic rings. The maximum Gasteiger partial charge on any atom is 0.211 e. The average Bonchev–Trinajstić information content (AvgIpc) is 2.36. The number of hydrogen-bond donors (Lipinski definition) is 1. The van der Waals surface area contributed by atoms with Gasteiger partial charge in [0.2, 0.25) is 10.0 Å². The van der Waals surface area contributed by atoms with Gasteiger partial charge in [-0.3, -0.25) is 0 Å². The van der Waals surface area contributed by atoms with Crippen molar-refractivity contribution in [2.45, 2.75) is 12.8 Å². The van der Waals surface area contributed by atoms with E-state index >= 15 is 0 Å². The molecule has 6 heteroatoms. The summed E-state index contributed by atoms with van der Waals surface area (Å²) in [5, 5.41) is 4.02. The summed E-state index contributed by atoms with van der Waals surface area (Å²) in [6, 6.07) is 7.56. The minimum absolute atomic E-state index is 0.349. The molecule has 2 rings (SSSR count). The lowest BCUT2D eigenvalue weighted by atomic mass is 9.99. The van der Waals surface area contributed by atoms with Gasteiger partial charge in [0, 0.05) is 30.3 Å². The van der Waals surface area contributed by atoms with Gasteiger partial charge in [-0.2, -0.15) is 0 Å². The molecule has 1 unspecified atom stereocenters. The van der Waals surface area contributed by atoms with E-state index < -0.39 is 10.0 Å². The molecule has 106 valence electrons. The molecule has 1 heterocycles. The number of sulfonamides is 1. The summed E-state index contributed by atoms with van der Waals surface area (Å²) in [7, 11) is -3.06. The van der Waals surface area contributed by atoms with Crippen molar-refractivity contribution in [2.24, 2.45) is 5.92 Å². The lowest BCUT2D eigenvalue weighted by Crippen LogP contribution is -2.41. The monoisotopic (exact) mass is 302 g/mol. The quantitative estimate of drug-likeness (QED) is 0.929. The molecule has 0 amide bonds.